The number of nitrogens with zero attached hydrogens (tertiary/aromatic N) is 1. The van der Waals surface area contributed by atoms with E-state index >= 15 is 0 Å². The molecule has 0 spiro atoms. The standard InChI is InChI=1S/C13H18N2/c1-3-14-8-7-13-11(2)10-12-6-4-5-9-15(12)13/h4-6,9-10,14H,3,7-8H2,1-2H3. The molecule has 2 aromatic rings. The van der Waals surface area contributed by atoms with Crippen LogP contribution in [-0.4, -0.2) is 17.5 Å². The summed E-state index contributed by atoms with van der Waals surface area (Å²) in [5.74, 6) is 0. The van der Waals surface area contributed by atoms with Crippen LogP contribution in [0.2, 0.25) is 0 Å². The van der Waals surface area contributed by atoms with Crippen molar-refractivity contribution < 1.29 is 0 Å². The highest BCUT2D eigenvalue weighted by Crippen LogP contribution is 2.15. The zero-order valence-electron chi connectivity index (χ0n) is 9.46. The maximum atomic E-state index is 3.37. The highest BCUT2D eigenvalue weighted by atomic mass is 14.9. The number of aromatic nitrogens is 1. The Balaban J connectivity index is 2.28. The highest BCUT2D eigenvalue weighted by molar-refractivity contribution is 5.53. The van der Waals surface area contributed by atoms with Crippen molar-refractivity contribution in [1.82, 2.24) is 9.72 Å². The van der Waals surface area contributed by atoms with E-state index in [2.05, 4.69) is 54.0 Å². The second kappa shape index (κ2) is 4.49. The van der Waals surface area contributed by atoms with E-state index < -0.39 is 0 Å². The Morgan fingerprint density at radius 3 is 3.00 bits per heavy atom. The fraction of sp³-hybridized carbons (Fsp3) is 0.385. The van der Waals surface area contributed by atoms with Gasteiger partial charge in [0.1, 0.15) is 0 Å². The van der Waals surface area contributed by atoms with Gasteiger partial charge in [-0.25, -0.2) is 0 Å². The monoisotopic (exact) mass is 202 g/mol. The molecule has 0 aliphatic heterocycles. The van der Waals surface area contributed by atoms with Crippen LogP contribution in [0.5, 0.6) is 0 Å². The SMILES string of the molecule is CCNCCc1c(C)cc2ccccn12. The molecule has 2 rings (SSSR count). The number of rotatable bonds is 4. The zero-order chi connectivity index (χ0) is 10.7. The molecule has 0 bridgehead atoms. The molecule has 2 heteroatoms. The third-order valence-electron chi connectivity index (χ3n) is 2.79. The lowest BCUT2D eigenvalue weighted by molar-refractivity contribution is 0.703. The smallest absolute Gasteiger partial charge is 0.0455 e. The Morgan fingerprint density at radius 1 is 1.33 bits per heavy atom. The van der Waals surface area contributed by atoms with Crippen LogP contribution < -0.4 is 5.32 Å². The fourth-order valence-corrected chi connectivity index (χ4v) is 2.02. The normalized spacial score (nSPS) is 11.1. The second-order valence-electron chi connectivity index (χ2n) is 3.87. The first-order chi connectivity index (χ1) is 7.33. The van der Waals surface area contributed by atoms with Crippen LogP contribution in [0.3, 0.4) is 0 Å². The van der Waals surface area contributed by atoms with E-state index in [0.717, 1.165) is 19.5 Å². The maximum absolute atomic E-state index is 3.37. The summed E-state index contributed by atoms with van der Waals surface area (Å²) in [4.78, 5) is 0. The van der Waals surface area contributed by atoms with Gasteiger partial charge in [0.05, 0.1) is 0 Å². The minimum atomic E-state index is 1.04. The molecule has 80 valence electrons. The minimum absolute atomic E-state index is 1.04. The lowest BCUT2D eigenvalue weighted by atomic mass is 10.2. The minimum Gasteiger partial charge on any atom is -0.321 e. The van der Waals surface area contributed by atoms with E-state index in [1.54, 1.807) is 0 Å². The van der Waals surface area contributed by atoms with Crippen LogP contribution in [-0.2, 0) is 6.42 Å². The van der Waals surface area contributed by atoms with E-state index in [0.29, 0.717) is 0 Å². The van der Waals surface area contributed by atoms with Gasteiger partial charge in [-0.05, 0) is 37.2 Å². The van der Waals surface area contributed by atoms with Gasteiger partial charge in [-0.3, -0.25) is 0 Å². The van der Waals surface area contributed by atoms with Crippen molar-refractivity contribution in [3.8, 4) is 0 Å². The molecule has 2 nitrogen and oxygen atoms in total. The largest absolute Gasteiger partial charge is 0.321 e. The summed E-state index contributed by atoms with van der Waals surface area (Å²) in [6.07, 6.45) is 3.24. The summed E-state index contributed by atoms with van der Waals surface area (Å²) in [5.41, 5.74) is 4.10. The van der Waals surface area contributed by atoms with E-state index in [9.17, 15) is 0 Å². The molecule has 0 aliphatic carbocycles. The molecule has 2 aromatic heterocycles. The van der Waals surface area contributed by atoms with E-state index in [1.807, 2.05) is 0 Å². The molecule has 0 unspecified atom stereocenters. The third-order valence-corrected chi connectivity index (χ3v) is 2.79. The molecule has 0 saturated carbocycles. The predicted molar refractivity (Wildman–Crippen MR) is 64.4 cm³/mol. The first kappa shape index (κ1) is 10.2. The number of nitrogens with one attached hydrogen (secondary N) is 1. The number of fused-ring (bicyclic) bond motifs is 1. The molecule has 0 atom stereocenters. The third kappa shape index (κ3) is 2.05. The van der Waals surface area contributed by atoms with E-state index in [1.165, 1.54) is 16.8 Å². The van der Waals surface area contributed by atoms with Gasteiger partial charge in [0.15, 0.2) is 0 Å². The Labute approximate surface area is 90.9 Å². The van der Waals surface area contributed by atoms with Crippen molar-refractivity contribution in [3.63, 3.8) is 0 Å². The first-order valence-electron chi connectivity index (χ1n) is 5.59. The Hall–Kier alpha value is -1.28. The molecule has 0 amide bonds. The maximum Gasteiger partial charge on any atom is 0.0455 e. The average Bonchev–Trinajstić information content (AvgIpc) is 2.56. The molecule has 15 heavy (non-hydrogen) atoms. The van der Waals surface area contributed by atoms with Gasteiger partial charge < -0.3 is 9.72 Å². The van der Waals surface area contributed by atoms with Crippen LogP contribution in [0.1, 0.15) is 18.2 Å². The first-order valence-corrected chi connectivity index (χ1v) is 5.59. The zero-order valence-corrected chi connectivity index (χ0v) is 9.46. The molecule has 1 N–H and O–H groups in total. The number of likely N-dealkylation sites (N-methyl/N-ethyl adjacent to an activating group) is 1. The van der Waals surface area contributed by atoms with Gasteiger partial charge in [0.25, 0.3) is 0 Å². The Kier molecular flexibility index (Phi) is 3.07. The molecular formula is C13H18N2. The summed E-state index contributed by atoms with van der Waals surface area (Å²) in [6.45, 7) is 6.43. The fourth-order valence-electron chi connectivity index (χ4n) is 2.02. The predicted octanol–water partition coefficient (Wildman–Crippen LogP) is 2.40. The van der Waals surface area contributed by atoms with Gasteiger partial charge in [0.2, 0.25) is 0 Å². The molecule has 0 aromatic carbocycles. The summed E-state index contributed by atoms with van der Waals surface area (Å²) >= 11 is 0. The number of aryl methyl sites for hydroxylation is 1. The number of hydrogen-bond acceptors (Lipinski definition) is 1. The molecular weight excluding hydrogens is 184 g/mol. The van der Waals surface area contributed by atoms with Crippen LogP contribution in [0, 0.1) is 6.92 Å². The summed E-state index contributed by atoms with van der Waals surface area (Å²) in [7, 11) is 0. The van der Waals surface area contributed by atoms with Crippen molar-refractivity contribution in [1.29, 1.82) is 0 Å². The second-order valence-corrected chi connectivity index (χ2v) is 3.87. The average molecular weight is 202 g/mol. The number of hydrogen-bond donors (Lipinski definition) is 1. The topological polar surface area (TPSA) is 16.4 Å². The van der Waals surface area contributed by atoms with Crippen molar-refractivity contribution in [2.24, 2.45) is 0 Å². The van der Waals surface area contributed by atoms with Gasteiger partial charge >= 0.3 is 0 Å². The van der Waals surface area contributed by atoms with Gasteiger partial charge in [-0.15, -0.1) is 0 Å². The molecule has 2 heterocycles. The van der Waals surface area contributed by atoms with Gasteiger partial charge in [-0.2, -0.15) is 0 Å². The lowest BCUT2D eigenvalue weighted by Crippen LogP contribution is -2.17. The van der Waals surface area contributed by atoms with E-state index in [4.69, 9.17) is 0 Å². The van der Waals surface area contributed by atoms with Crippen LogP contribution in [0.15, 0.2) is 30.5 Å². The summed E-state index contributed by atoms with van der Waals surface area (Å²) in [6, 6.07) is 8.58. The van der Waals surface area contributed by atoms with Crippen molar-refractivity contribution in [2.75, 3.05) is 13.1 Å². The number of pyridine rings is 1. The molecule has 0 saturated heterocycles. The van der Waals surface area contributed by atoms with Crippen molar-refractivity contribution in [3.05, 3.63) is 41.7 Å². The summed E-state index contributed by atoms with van der Waals surface area (Å²) < 4.78 is 2.28. The Morgan fingerprint density at radius 2 is 2.20 bits per heavy atom. The van der Waals surface area contributed by atoms with Gasteiger partial charge in [-0.1, -0.05) is 13.0 Å². The Bertz CT molecular complexity index is 443. The van der Waals surface area contributed by atoms with Crippen molar-refractivity contribution in [2.45, 2.75) is 20.3 Å². The molecule has 0 fully saturated rings. The van der Waals surface area contributed by atoms with Crippen molar-refractivity contribution >= 4 is 5.52 Å². The molecule has 0 aliphatic rings. The summed E-state index contributed by atoms with van der Waals surface area (Å²) in [5, 5.41) is 3.37. The highest BCUT2D eigenvalue weighted by Gasteiger charge is 2.04. The lowest BCUT2D eigenvalue weighted by Gasteiger charge is -2.04. The van der Waals surface area contributed by atoms with Crippen LogP contribution in [0.25, 0.3) is 5.52 Å². The molecule has 0 radical (unpaired) electrons. The van der Waals surface area contributed by atoms with Crippen LogP contribution >= 0.6 is 0 Å². The van der Waals surface area contributed by atoms with Crippen LogP contribution in [0.4, 0.5) is 0 Å². The van der Waals surface area contributed by atoms with Gasteiger partial charge in [0, 0.05) is 30.4 Å². The quantitative estimate of drug-likeness (QED) is 0.753. The van der Waals surface area contributed by atoms with E-state index in [-0.39, 0.29) is 0 Å².